The van der Waals surface area contributed by atoms with Gasteiger partial charge in [-0.15, -0.1) is 24.0 Å². The zero-order valence-electron chi connectivity index (χ0n) is 20.9. The van der Waals surface area contributed by atoms with Gasteiger partial charge in [-0.25, -0.2) is 0 Å². The van der Waals surface area contributed by atoms with Crippen LogP contribution in [-0.2, 0) is 19.6 Å². The maximum absolute atomic E-state index is 4.50. The van der Waals surface area contributed by atoms with Crippen molar-refractivity contribution in [2.45, 2.75) is 71.4 Å². The summed E-state index contributed by atoms with van der Waals surface area (Å²) < 4.78 is 0. The van der Waals surface area contributed by atoms with Crippen LogP contribution in [0.1, 0.15) is 50.3 Å². The van der Waals surface area contributed by atoms with Gasteiger partial charge in [-0.05, 0) is 57.4 Å². The van der Waals surface area contributed by atoms with Crippen molar-refractivity contribution in [3.8, 4) is 0 Å². The van der Waals surface area contributed by atoms with Gasteiger partial charge in [0, 0.05) is 51.4 Å². The van der Waals surface area contributed by atoms with Crippen LogP contribution in [0.5, 0.6) is 0 Å². The monoisotopic (exact) mass is 563 g/mol. The second-order valence-electron chi connectivity index (χ2n) is 9.37. The van der Waals surface area contributed by atoms with Gasteiger partial charge in [-0.2, -0.15) is 0 Å². The van der Waals surface area contributed by atoms with Crippen molar-refractivity contribution in [3.05, 3.63) is 71.3 Å². The second-order valence-corrected chi connectivity index (χ2v) is 9.37. The summed E-state index contributed by atoms with van der Waals surface area (Å²) in [5.74, 6) is 0.894. The molecule has 0 aromatic heterocycles. The van der Waals surface area contributed by atoms with Gasteiger partial charge in [0.05, 0.1) is 0 Å². The molecule has 2 N–H and O–H groups in total. The highest BCUT2D eigenvalue weighted by Crippen LogP contribution is 2.20. The van der Waals surface area contributed by atoms with E-state index < -0.39 is 0 Å². The van der Waals surface area contributed by atoms with Crippen LogP contribution in [0, 0.1) is 0 Å². The van der Waals surface area contributed by atoms with Gasteiger partial charge < -0.3 is 10.6 Å². The molecule has 0 spiro atoms. The predicted molar refractivity (Wildman–Crippen MR) is 151 cm³/mol. The summed E-state index contributed by atoms with van der Waals surface area (Å²) in [6, 6.07) is 21.0. The molecule has 0 amide bonds. The smallest absolute Gasteiger partial charge is 0.191 e. The molecule has 2 aromatic carbocycles. The Morgan fingerprint density at radius 3 is 2.39 bits per heavy atom. The van der Waals surface area contributed by atoms with Crippen molar-refractivity contribution in [1.29, 1.82) is 0 Å². The average Bonchev–Trinajstić information content (AvgIpc) is 2.79. The molecular weight excluding hydrogens is 521 g/mol. The van der Waals surface area contributed by atoms with E-state index >= 15 is 0 Å². The molecule has 0 radical (unpaired) electrons. The van der Waals surface area contributed by atoms with Gasteiger partial charge >= 0.3 is 0 Å². The van der Waals surface area contributed by atoms with E-state index in [0.717, 1.165) is 45.0 Å². The molecule has 1 fully saturated rings. The number of halogens is 1. The molecule has 33 heavy (non-hydrogen) atoms. The van der Waals surface area contributed by atoms with Crippen LogP contribution in [0.4, 0.5) is 0 Å². The fraction of sp³-hybridized carbons (Fsp3) is 0.519. The van der Waals surface area contributed by atoms with Crippen molar-refractivity contribution in [2.24, 2.45) is 4.99 Å². The zero-order chi connectivity index (χ0) is 22.9. The van der Waals surface area contributed by atoms with Crippen molar-refractivity contribution in [3.63, 3.8) is 0 Å². The first-order valence-electron chi connectivity index (χ1n) is 12.0. The molecule has 1 aliphatic rings. The number of benzene rings is 2. The first kappa shape index (κ1) is 27.6. The zero-order valence-corrected chi connectivity index (χ0v) is 23.3. The van der Waals surface area contributed by atoms with E-state index in [0.29, 0.717) is 18.1 Å². The number of likely N-dealkylation sites (tertiary alicyclic amines) is 1. The van der Waals surface area contributed by atoms with Gasteiger partial charge in [0.25, 0.3) is 0 Å². The number of hydrogen-bond donors (Lipinski definition) is 2. The minimum atomic E-state index is 0. The Hall–Kier alpha value is -1.64. The topological polar surface area (TPSA) is 42.9 Å². The van der Waals surface area contributed by atoms with Crippen LogP contribution in [0.2, 0.25) is 0 Å². The number of hydrogen-bond acceptors (Lipinski definition) is 3. The molecule has 2 aromatic rings. The lowest BCUT2D eigenvalue weighted by molar-refractivity contribution is 0.134. The highest BCUT2D eigenvalue weighted by Gasteiger charge is 2.26. The van der Waals surface area contributed by atoms with E-state index in [1.807, 2.05) is 7.05 Å². The molecule has 182 valence electrons. The summed E-state index contributed by atoms with van der Waals surface area (Å²) in [4.78, 5) is 9.46. The average molecular weight is 564 g/mol. The van der Waals surface area contributed by atoms with E-state index in [4.69, 9.17) is 0 Å². The quantitative estimate of drug-likeness (QED) is 0.274. The second kappa shape index (κ2) is 13.9. The molecule has 0 aliphatic carbocycles. The lowest BCUT2D eigenvalue weighted by Crippen LogP contribution is -2.51. The number of nitrogens with zero attached hydrogens (tertiary/aromatic N) is 3. The summed E-state index contributed by atoms with van der Waals surface area (Å²) in [7, 11) is 4.04. The third kappa shape index (κ3) is 8.58. The van der Waals surface area contributed by atoms with Crippen LogP contribution in [0.15, 0.2) is 59.6 Å². The van der Waals surface area contributed by atoms with E-state index in [9.17, 15) is 0 Å². The molecule has 0 bridgehead atoms. The maximum atomic E-state index is 4.50. The first-order valence-corrected chi connectivity index (χ1v) is 12.0. The predicted octanol–water partition coefficient (Wildman–Crippen LogP) is 4.86. The van der Waals surface area contributed by atoms with Gasteiger partial charge in [0.1, 0.15) is 0 Å². The van der Waals surface area contributed by atoms with Crippen LogP contribution < -0.4 is 10.6 Å². The minimum Gasteiger partial charge on any atom is -0.354 e. The Kier molecular flexibility index (Phi) is 11.6. The Labute approximate surface area is 218 Å². The van der Waals surface area contributed by atoms with Gasteiger partial charge in [-0.3, -0.25) is 14.8 Å². The third-order valence-corrected chi connectivity index (χ3v) is 6.67. The van der Waals surface area contributed by atoms with Crippen molar-refractivity contribution >= 4 is 29.9 Å². The van der Waals surface area contributed by atoms with Crippen molar-refractivity contribution in [2.75, 3.05) is 20.6 Å². The number of rotatable bonds is 8. The number of nitrogens with one attached hydrogen (secondary N) is 2. The van der Waals surface area contributed by atoms with Gasteiger partial charge in [-0.1, -0.05) is 54.6 Å². The van der Waals surface area contributed by atoms with E-state index in [2.05, 4.69) is 108 Å². The SMILES string of the molecule is CN=C(NCc1ccccc1CN(C)C(C)C)NC1CCN(Cc2ccccc2)C(C)C1.I. The summed E-state index contributed by atoms with van der Waals surface area (Å²) in [5, 5.41) is 7.22. The van der Waals surface area contributed by atoms with E-state index in [1.54, 1.807) is 0 Å². The molecule has 5 nitrogen and oxygen atoms in total. The Morgan fingerprint density at radius 2 is 1.76 bits per heavy atom. The summed E-state index contributed by atoms with van der Waals surface area (Å²) in [5.41, 5.74) is 4.09. The molecule has 0 saturated carbocycles. The summed E-state index contributed by atoms with van der Waals surface area (Å²) in [6.45, 7) is 10.7. The fourth-order valence-electron chi connectivity index (χ4n) is 4.31. The molecular formula is C27H42IN5. The number of aliphatic imine (C=N–C) groups is 1. The van der Waals surface area contributed by atoms with Crippen LogP contribution >= 0.6 is 24.0 Å². The van der Waals surface area contributed by atoms with Crippen LogP contribution in [0.25, 0.3) is 0 Å². The standard InChI is InChI=1S/C27H41N5.HI/c1-21(2)31(5)20-25-14-10-9-13-24(25)18-29-27(28-4)30-26-15-16-32(22(3)17-26)19-23-11-7-6-8-12-23;/h6-14,21-22,26H,15-20H2,1-5H3,(H2,28,29,30);1H. The molecule has 1 heterocycles. The maximum Gasteiger partial charge on any atom is 0.191 e. The van der Waals surface area contributed by atoms with Crippen molar-refractivity contribution in [1.82, 2.24) is 20.4 Å². The number of piperidine rings is 1. The van der Waals surface area contributed by atoms with E-state index in [-0.39, 0.29) is 24.0 Å². The Morgan fingerprint density at radius 1 is 1.09 bits per heavy atom. The lowest BCUT2D eigenvalue weighted by Gasteiger charge is -2.38. The molecule has 6 heteroatoms. The Balaban J connectivity index is 0.00000385. The normalized spacial score (nSPS) is 19.4. The molecule has 2 atom stereocenters. The fourth-order valence-corrected chi connectivity index (χ4v) is 4.31. The molecule has 1 saturated heterocycles. The molecule has 1 aliphatic heterocycles. The number of guanidine groups is 1. The Bertz CT molecular complexity index is 855. The van der Waals surface area contributed by atoms with Gasteiger partial charge in [0.15, 0.2) is 5.96 Å². The minimum absolute atomic E-state index is 0. The first-order chi connectivity index (χ1) is 15.5. The van der Waals surface area contributed by atoms with Crippen LogP contribution in [-0.4, -0.2) is 54.5 Å². The molecule has 3 rings (SSSR count). The lowest BCUT2D eigenvalue weighted by atomic mass is 9.97. The highest BCUT2D eigenvalue weighted by molar-refractivity contribution is 14.0. The van der Waals surface area contributed by atoms with Crippen molar-refractivity contribution < 1.29 is 0 Å². The largest absolute Gasteiger partial charge is 0.354 e. The summed E-state index contributed by atoms with van der Waals surface area (Å²) in [6.07, 6.45) is 2.26. The van der Waals surface area contributed by atoms with Crippen LogP contribution in [0.3, 0.4) is 0 Å². The summed E-state index contributed by atoms with van der Waals surface area (Å²) >= 11 is 0. The van der Waals surface area contributed by atoms with E-state index in [1.165, 1.54) is 16.7 Å². The molecule has 2 unspecified atom stereocenters. The third-order valence-electron chi connectivity index (χ3n) is 6.67. The highest BCUT2D eigenvalue weighted by atomic mass is 127. The van der Waals surface area contributed by atoms with Gasteiger partial charge in [0.2, 0.25) is 0 Å².